The Labute approximate surface area is 448 Å². The van der Waals surface area contributed by atoms with Crippen molar-refractivity contribution in [2.45, 2.75) is 0 Å². The van der Waals surface area contributed by atoms with E-state index in [1.807, 2.05) is 273 Å². The molecule has 0 aromatic heterocycles. The van der Waals surface area contributed by atoms with E-state index >= 15 is 0 Å². The molecule has 0 atom stereocenters. The van der Waals surface area contributed by atoms with Gasteiger partial charge in [0.25, 0.3) is 0 Å². The summed E-state index contributed by atoms with van der Waals surface area (Å²) in [5.41, 5.74) is 5.33. The maximum atomic E-state index is 13.1. The fourth-order valence-corrected chi connectivity index (χ4v) is 7.59. The lowest BCUT2D eigenvalue weighted by Crippen LogP contribution is -2.04. The van der Waals surface area contributed by atoms with Gasteiger partial charge in [-0.2, -0.15) is 0 Å². The van der Waals surface area contributed by atoms with Crippen LogP contribution in [-0.4, -0.2) is 23.1 Å². The molecule has 0 saturated carbocycles. The molecule has 0 aliphatic carbocycles. The van der Waals surface area contributed by atoms with Crippen LogP contribution in [-0.2, 0) is 0 Å². The van der Waals surface area contributed by atoms with Gasteiger partial charge >= 0.3 is 0 Å². The van der Waals surface area contributed by atoms with Gasteiger partial charge in [0, 0.05) is 38.9 Å². The van der Waals surface area contributed by atoms with Crippen molar-refractivity contribution >= 4 is 23.1 Å². The molecule has 0 radical (unpaired) electrons. The van der Waals surface area contributed by atoms with Crippen LogP contribution in [0.15, 0.2) is 315 Å². The van der Waals surface area contributed by atoms with Gasteiger partial charge in [-0.05, 0) is 72.8 Å². The number of rotatable bonds is 14. The number of para-hydroxylation sites is 4. The summed E-state index contributed by atoms with van der Waals surface area (Å²) in [4.78, 5) is 49.1. The van der Waals surface area contributed by atoms with Gasteiger partial charge in [-0.3, -0.25) is 19.2 Å². The van der Waals surface area contributed by atoms with Crippen molar-refractivity contribution in [3.05, 3.63) is 360 Å². The van der Waals surface area contributed by atoms with Gasteiger partial charge in [0.1, 0.15) is 23.0 Å². The summed E-state index contributed by atoms with van der Waals surface area (Å²) in [5, 5.41) is 0. The van der Waals surface area contributed by atoms with Gasteiger partial charge in [0.05, 0.1) is 5.56 Å². The molecule has 0 saturated heterocycles. The average molecular weight is 1010 g/mol. The molecule has 0 aliphatic rings. The molecule has 0 fully saturated rings. The predicted octanol–water partition coefficient (Wildman–Crippen LogP) is 17.0. The summed E-state index contributed by atoms with van der Waals surface area (Å²) in [6.07, 6.45) is 0. The van der Waals surface area contributed by atoms with Crippen LogP contribution in [0.5, 0.6) is 34.5 Å². The number of hydrogen-bond donors (Lipinski definition) is 0. The summed E-state index contributed by atoms with van der Waals surface area (Å²) in [6, 6.07) is 96.5. The highest BCUT2D eigenvalue weighted by Crippen LogP contribution is 2.39. The number of ether oxygens (including phenoxy) is 3. The molecule has 0 unspecified atom stereocenters. The van der Waals surface area contributed by atoms with Crippen molar-refractivity contribution in [2.24, 2.45) is 0 Å². The van der Waals surface area contributed by atoms with Crippen molar-refractivity contribution in [3.8, 4) is 34.5 Å². The zero-order valence-corrected chi connectivity index (χ0v) is 41.9. The SMILES string of the molecule is O=C(c1ccccc1)c1ccc(Oc2ccccc2)cc1.O=C(c1ccccc1)c1cccc(Oc2ccccc2)c1Oc1ccccc1.O=C(c1ccccc1)c1ccccc1.O=C(c1ccccc1)c1ccccc1. The molecular weight excluding hydrogens is 953 g/mol. The van der Waals surface area contributed by atoms with E-state index in [4.69, 9.17) is 14.2 Å². The third kappa shape index (κ3) is 15.7. The maximum Gasteiger partial charge on any atom is 0.196 e. The number of benzene rings is 11. The van der Waals surface area contributed by atoms with E-state index in [1.165, 1.54) is 0 Å². The average Bonchev–Trinajstić information content (AvgIpc) is 3.52. The largest absolute Gasteiger partial charge is 0.457 e. The summed E-state index contributed by atoms with van der Waals surface area (Å²) in [5.74, 6) is 3.72. The normalized spacial score (nSPS) is 10.0. The Hall–Kier alpha value is -10.5. The van der Waals surface area contributed by atoms with Crippen molar-refractivity contribution in [3.63, 3.8) is 0 Å². The lowest BCUT2D eigenvalue weighted by Gasteiger charge is -2.16. The van der Waals surface area contributed by atoms with E-state index in [0.29, 0.717) is 51.0 Å². The van der Waals surface area contributed by atoms with Crippen LogP contribution < -0.4 is 14.2 Å². The lowest BCUT2D eigenvalue weighted by atomic mass is 10.0. The first kappa shape index (κ1) is 52.8. The molecule has 0 N–H and O–H groups in total. The molecule has 0 spiro atoms. The maximum absolute atomic E-state index is 13.1. The first-order chi connectivity index (χ1) is 37.9. The van der Waals surface area contributed by atoms with E-state index in [1.54, 1.807) is 42.5 Å². The van der Waals surface area contributed by atoms with Crippen LogP contribution in [0, 0.1) is 0 Å². The van der Waals surface area contributed by atoms with Crippen LogP contribution in [0.4, 0.5) is 0 Å². The predicted molar refractivity (Wildman–Crippen MR) is 305 cm³/mol. The van der Waals surface area contributed by atoms with Gasteiger partial charge in [-0.1, -0.05) is 243 Å². The third-order valence-corrected chi connectivity index (χ3v) is 11.5. The minimum absolute atomic E-state index is 0.0156. The molecule has 11 aromatic rings. The quantitative estimate of drug-likeness (QED) is 0.100. The number of hydrogen-bond acceptors (Lipinski definition) is 7. The number of ketones is 4. The summed E-state index contributed by atoms with van der Waals surface area (Å²) in [6.45, 7) is 0. The monoisotopic (exact) mass is 1000 g/mol. The van der Waals surface area contributed by atoms with Crippen molar-refractivity contribution < 1.29 is 33.4 Å². The molecular formula is C70H52O7. The molecule has 7 heteroatoms. The van der Waals surface area contributed by atoms with Gasteiger partial charge < -0.3 is 14.2 Å². The van der Waals surface area contributed by atoms with Gasteiger partial charge in [-0.25, -0.2) is 0 Å². The molecule has 11 aromatic carbocycles. The van der Waals surface area contributed by atoms with Crippen LogP contribution in [0.2, 0.25) is 0 Å². The van der Waals surface area contributed by atoms with Crippen molar-refractivity contribution in [2.75, 3.05) is 0 Å². The second-order valence-corrected chi connectivity index (χ2v) is 16.9. The highest BCUT2D eigenvalue weighted by atomic mass is 16.5. The fraction of sp³-hybridized carbons (Fsp3) is 0. The standard InChI is InChI=1S/C25H18O3.C19H14O2.2C13H10O/c26-24(19-11-4-1-5-12-19)22-17-10-18-23(27-20-13-6-2-7-14-20)25(22)28-21-15-8-3-9-16-21;20-19(15-7-3-1-4-8-15)16-11-13-18(14-12-16)21-17-9-5-2-6-10-17;2*14-13(11-7-3-1-4-8-11)12-9-5-2-6-10-12/h1-18H;1-14H;2*1-10H. The highest BCUT2D eigenvalue weighted by molar-refractivity contribution is 6.12. The van der Waals surface area contributed by atoms with E-state index < -0.39 is 0 Å². The van der Waals surface area contributed by atoms with Gasteiger partial charge in [-0.15, -0.1) is 0 Å². The molecule has 0 aliphatic heterocycles. The molecule has 0 heterocycles. The molecule has 374 valence electrons. The molecule has 0 amide bonds. The molecule has 77 heavy (non-hydrogen) atoms. The molecule has 0 bridgehead atoms. The molecule has 7 nitrogen and oxygen atoms in total. The Morgan fingerprint density at radius 1 is 0.195 bits per heavy atom. The summed E-state index contributed by atoms with van der Waals surface area (Å²) >= 11 is 0. The smallest absolute Gasteiger partial charge is 0.196 e. The Kier molecular flexibility index (Phi) is 19.3. The van der Waals surface area contributed by atoms with Gasteiger partial charge in [0.2, 0.25) is 0 Å². The van der Waals surface area contributed by atoms with E-state index in [9.17, 15) is 19.2 Å². The van der Waals surface area contributed by atoms with Crippen LogP contribution >= 0.6 is 0 Å². The first-order valence-corrected chi connectivity index (χ1v) is 24.8. The third-order valence-electron chi connectivity index (χ3n) is 11.5. The Morgan fingerprint density at radius 3 is 0.766 bits per heavy atom. The Bertz CT molecular complexity index is 3380. The zero-order chi connectivity index (χ0) is 53.3. The summed E-state index contributed by atoms with van der Waals surface area (Å²) in [7, 11) is 0. The lowest BCUT2D eigenvalue weighted by molar-refractivity contribution is 0.102. The van der Waals surface area contributed by atoms with E-state index in [-0.39, 0.29) is 23.1 Å². The van der Waals surface area contributed by atoms with E-state index in [2.05, 4.69) is 0 Å². The zero-order valence-electron chi connectivity index (χ0n) is 41.9. The second kappa shape index (κ2) is 28.1. The van der Waals surface area contributed by atoms with Crippen molar-refractivity contribution in [1.29, 1.82) is 0 Å². The Balaban J connectivity index is 0.000000142. The van der Waals surface area contributed by atoms with Crippen LogP contribution in [0.1, 0.15) is 63.7 Å². The van der Waals surface area contributed by atoms with Crippen LogP contribution in [0.3, 0.4) is 0 Å². The highest BCUT2D eigenvalue weighted by Gasteiger charge is 2.20. The number of carbonyl (C=O) groups is 4. The van der Waals surface area contributed by atoms with Gasteiger partial charge in [0.15, 0.2) is 34.6 Å². The first-order valence-electron chi connectivity index (χ1n) is 24.8. The molecule has 11 rings (SSSR count). The topological polar surface area (TPSA) is 96.0 Å². The number of carbonyl (C=O) groups excluding carboxylic acids is 4. The minimum atomic E-state index is -0.120. The van der Waals surface area contributed by atoms with Crippen LogP contribution in [0.25, 0.3) is 0 Å². The fourth-order valence-electron chi connectivity index (χ4n) is 7.59. The minimum Gasteiger partial charge on any atom is -0.457 e. The Morgan fingerprint density at radius 2 is 0.442 bits per heavy atom. The second-order valence-electron chi connectivity index (χ2n) is 16.9. The van der Waals surface area contributed by atoms with Crippen molar-refractivity contribution in [1.82, 2.24) is 0 Å². The summed E-state index contributed by atoms with van der Waals surface area (Å²) < 4.78 is 17.8. The van der Waals surface area contributed by atoms with E-state index in [0.717, 1.165) is 28.0 Å².